The van der Waals surface area contributed by atoms with Crippen LogP contribution < -0.4 is 5.32 Å². The van der Waals surface area contributed by atoms with Gasteiger partial charge in [0.05, 0.1) is 0 Å². The Balaban J connectivity index is 2.35. The van der Waals surface area contributed by atoms with Crippen LogP contribution in [0.4, 0.5) is 4.39 Å². The van der Waals surface area contributed by atoms with Gasteiger partial charge in [-0.05, 0) is 23.1 Å². The maximum atomic E-state index is 13.6. The van der Waals surface area contributed by atoms with E-state index in [9.17, 15) is 4.39 Å². The molecule has 0 saturated heterocycles. The standard InChI is InChI=1S/C12H14FNS/c1-8(2)14-6-9-7-15-11-5-3-4-10(13)12(9)11/h3-5,7-8,14H,6H2,1-2H3. The summed E-state index contributed by atoms with van der Waals surface area (Å²) in [6.07, 6.45) is 0. The van der Waals surface area contributed by atoms with Gasteiger partial charge in [0.25, 0.3) is 0 Å². The fourth-order valence-electron chi connectivity index (χ4n) is 1.55. The van der Waals surface area contributed by atoms with E-state index in [1.807, 2.05) is 11.4 Å². The Morgan fingerprint density at radius 1 is 1.40 bits per heavy atom. The second-order valence-corrected chi connectivity index (χ2v) is 4.82. The predicted molar refractivity (Wildman–Crippen MR) is 63.8 cm³/mol. The zero-order valence-corrected chi connectivity index (χ0v) is 9.70. The van der Waals surface area contributed by atoms with Gasteiger partial charge in [-0.3, -0.25) is 0 Å². The third-order valence-electron chi connectivity index (χ3n) is 2.33. The summed E-state index contributed by atoms with van der Waals surface area (Å²) in [6, 6.07) is 5.66. The third kappa shape index (κ3) is 2.19. The highest BCUT2D eigenvalue weighted by Gasteiger charge is 2.08. The molecule has 0 saturated carbocycles. The average Bonchev–Trinajstić information content (AvgIpc) is 2.59. The van der Waals surface area contributed by atoms with Crippen molar-refractivity contribution in [2.24, 2.45) is 0 Å². The van der Waals surface area contributed by atoms with E-state index in [1.165, 1.54) is 6.07 Å². The predicted octanol–water partition coefficient (Wildman–Crippen LogP) is 3.54. The molecule has 80 valence electrons. The summed E-state index contributed by atoms with van der Waals surface area (Å²) < 4.78 is 14.6. The van der Waals surface area contributed by atoms with Crippen molar-refractivity contribution in [1.29, 1.82) is 0 Å². The number of rotatable bonds is 3. The minimum atomic E-state index is -0.116. The fraction of sp³-hybridized carbons (Fsp3) is 0.333. The number of hydrogen-bond acceptors (Lipinski definition) is 2. The van der Waals surface area contributed by atoms with E-state index in [2.05, 4.69) is 19.2 Å². The summed E-state index contributed by atoms with van der Waals surface area (Å²) in [7, 11) is 0. The van der Waals surface area contributed by atoms with E-state index < -0.39 is 0 Å². The lowest BCUT2D eigenvalue weighted by atomic mass is 10.1. The lowest BCUT2D eigenvalue weighted by Crippen LogP contribution is -2.21. The minimum Gasteiger partial charge on any atom is -0.310 e. The lowest BCUT2D eigenvalue weighted by molar-refractivity contribution is 0.588. The summed E-state index contributed by atoms with van der Waals surface area (Å²) in [5.74, 6) is -0.116. The molecule has 2 aromatic rings. The second-order valence-electron chi connectivity index (χ2n) is 3.91. The maximum Gasteiger partial charge on any atom is 0.132 e. The first-order chi connectivity index (χ1) is 7.18. The first kappa shape index (κ1) is 10.6. The molecule has 1 aromatic heterocycles. The number of thiophene rings is 1. The third-order valence-corrected chi connectivity index (χ3v) is 3.32. The Morgan fingerprint density at radius 3 is 2.93 bits per heavy atom. The molecule has 1 aromatic carbocycles. The fourth-order valence-corrected chi connectivity index (χ4v) is 2.53. The van der Waals surface area contributed by atoms with Crippen LogP contribution in [0.1, 0.15) is 19.4 Å². The summed E-state index contributed by atoms with van der Waals surface area (Å²) in [5.41, 5.74) is 1.06. The van der Waals surface area contributed by atoms with Crippen molar-refractivity contribution in [1.82, 2.24) is 5.32 Å². The van der Waals surface area contributed by atoms with Crippen molar-refractivity contribution in [2.75, 3.05) is 0 Å². The van der Waals surface area contributed by atoms with Gasteiger partial charge in [0.2, 0.25) is 0 Å². The number of hydrogen-bond donors (Lipinski definition) is 1. The van der Waals surface area contributed by atoms with Gasteiger partial charge in [-0.1, -0.05) is 19.9 Å². The number of halogens is 1. The van der Waals surface area contributed by atoms with Crippen LogP contribution in [0.5, 0.6) is 0 Å². The highest BCUT2D eigenvalue weighted by molar-refractivity contribution is 7.17. The van der Waals surface area contributed by atoms with Gasteiger partial charge in [-0.2, -0.15) is 0 Å². The maximum absolute atomic E-state index is 13.6. The molecule has 1 nitrogen and oxygen atoms in total. The molecular weight excluding hydrogens is 209 g/mol. The van der Waals surface area contributed by atoms with Gasteiger partial charge in [0.1, 0.15) is 5.82 Å². The first-order valence-corrected chi connectivity index (χ1v) is 5.94. The monoisotopic (exact) mass is 223 g/mol. The minimum absolute atomic E-state index is 0.116. The second kappa shape index (κ2) is 4.29. The van der Waals surface area contributed by atoms with Crippen LogP contribution in [0.15, 0.2) is 23.6 Å². The highest BCUT2D eigenvalue weighted by atomic mass is 32.1. The quantitative estimate of drug-likeness (QED) is 0.839. The molecule has 0 aliphatic carbocycles. The van der Waals surface area contributed by atoms with Crippen LogP contribution in [-0.2, 0) is 6.54 Å². The van der Waals surface area contributed by atoms with Crippen LogP contribution in [0.3, 0.4) is 0 Å². The Hall–Kier alpha value is -0.930. The number of fused-ring (bicyclic) bond motifs is 1. The lowest BCUT2D eigenvalue weighted by Gasteiger charge is -2.07. The Labute approximate surface area is 92.9 Å². The van der Waals surface area contributed by atoms with Gasteiger partial charge >= 0.3 is 0 Å². The molecule has 0 spiro atoms. The van der Waals surface area contributed by atoms with E-state index in [-0.39, 0.29) is 5.82 Å². The molecule has 0 atom stereocenters. The molecule has 0 fully saturated rings. The molecular formula is C12H14FNS. The summed E-state index contributed by atoms with van der Waals surface area (Å²) in [5, 5.41) is 6.11. The van der Waals surface area contributed by atoms with Crippen molar-refractivity contribution in [3.05, 3.63) is 35.0 Å². The number of nitrogens with one attached hydrogen (secondary N) is 1. The van der Waals surface area contributed by atoms with Gasteiger partial charge in [-0.25, -0.2) is 4.39 Å². The molecule has 0 amide bonds. The van der Waals surface area contributed by atoms with Gasteiger partial charge in [0, 0.05) is 22.7 Å². The van der Waals surface area contributed by atoms with Crippen molar-refractivity contribution >= 4 is 21.4 Å². The molecule has 3 heteroatoms. The topological polar surface area (TPSA) is 12.0 Å². The van der Waals surface area contributed by atoms with Crippen LogP contribution in [0.2, 0.25) is 0 Å². The Kier molecular flexibility index (Phi) is 3.03. The Bertz CT molecular complexity index is 462. The zero-order chi connectivity index (χ0) is 10.8. The summed E-state index contributed by atoms with van der Waals surface area (Å²) in [4.78, 5) is 0. The van der Waals surface area contributed by atoms with Crippen molar-refractivity contribution in [3.63, 3.8) is 0 Å². The van der Waals surface area contributed by atoms with E-state index in [0.717, 1.165) is 22.2 Å². The molecule has 2 rings (SSSR count). The Morgan fingerprint density at radius 2 is 2.20 bits per heavy atom. The first-order valence-electron chi connectivity index (χ1n) is 5.06. The van der Waals surface area contributed by atoms with Crippen LogP contribution >= 0.6 is 11.3 Å². The zero-order valence-electron chi connectivity index (χ0n) is 8.88. The van der Waals surface area contributed by atoms with Crippen molar-refractivity contribution < 1.29 is 4.39 Å². The van der Waals surface area contributed by atoms with E-state index >= 15 is 0 Å². The smallest absolute Gasteiger partial charge is 0.132 e. The van der Waals surface area contributed by atoms with Crippen molar-refractivity contribution in [3.8, 4) is 0 Å². The van der Waals surface area contributed by atoms with Gasteiger partial charge in [-0.15, -0.1) is 11.3 Å². The van der Waals surface area contributed by atoms with Crippen molar-refractivity contribution in [2.45, 2.75) is 26.4 Å². The molecule has 15 heavy (non-hydrogen) atoms. The highest BCUT2D eigenvalue weighted by Crippen LogP contribution is 2.28. The summed E-state index contributed by atoms with van der Waals surface area (Å²) >= 11 is 1.60. The summed E-state index contributed by atoms with van der Waals surface area (Å²) in [6.45, 7) is 4.91. The molecule has 0 radical (unpaired) electrons. The number of benzene rings is 1. The SMILES string of the molecule is CC(C)NCc1csc2cccc(F)c12. The van der Waals surface area contributed by atoms with E-state index in [0.29, 0.717) is 6.04 Å². The molecule has 1 N–H and O–H groups in total. The van der Waals surface area contributed by atoms with E-state index in [4.69, 9.17) is 0 Å². The van der Waals surface area contributed by atoms with E-state index in [1.54, 1.807) is 17.4 Å². The largest absolute Gasteiger partial charge is 0.310 e. The molecule has 0 bridgehead atoms. The normalized spacial score (nSPS) is 11.5. The van der Waals surface area contributed by atoms with Gasteiger partial charge in [0.15, 0.2) is 0 Å². The molecule has 1 heterocycles. The van der Waals surface area contributed by atoms with Crippen LogP contribution in [0.25, 0.3) is 10.1 Å². The van der Waals surface area contributed by atoms with Crippen LogP contribution in [-0.4, -0.2) is 6.04 Å². The molecule has 0 aliphatic rings. The molecule has 0 unspecified atom stereocenters. The van der Waals surface area contributed by atoms with Crippen LogP contribution in [0, 0.1) is 5.82 Å². The van der Waals surface area contributed by atoms with Gasteiger partial charge < -0.3 is 5.32 Å². The average molecular weight is 223 g/mol. The molecule has 0 aliphatic heterocycles.